The molecule has 3 aromatic rings. The van der Waals surface area contributed by atoms with Crippen LogP contribution in [0.5, 0.6) is 5.88 Å². The van der Waals surface area contributed by atoms with Crippen LogP contribution in [0, 0.1) is 0 Å². The lowest BCUT2D eigenvalue weighted by Gasteiger charge is -2.08. The highest BCUT2D eigenvalue weighted by Gasteiger charge is 2.04. The summed E-state index contributed by atoms with van der Waals surface area (Å²) in [4.78, 5) is 20.3. The van der Waals surface area contributed by atoms with Gasteiger partial charge in [0.15, 0.2) is 6.61 Å². The van der Waals surface area contributed by atoms with E-state index in [0.29, 0.717) is 19.1 Å². The van der Waals surface area contributed by atoms with Crippen molar-refractivity contribution in [2.45, 2.75) is 6.54 Å². The Morgan fingerprint density at radius 2 is 1.75 bits per heavy atom. The molecule has 0 aliphatic rings. The van der Waals surface area contributed by atoms with E-state index >= 15 is 0 Å². The Labute approximate surface area is 139 Å². The largest absolute Gasteiger partial charge is 0.466 e. The van der Waals surface area contributed by atoms with Crippen molar-refractivity contribution in [3.63, 3.8) is 0 Å². The molecule has 1 heterocycles. The molecular weight excluding hydrogens is 304 g/mol. The van der Waals surface area contributed by atoms with E-state index in [0.717, 1.165) is 16.6 Å². The van der Waals surface area contributed by atoms with Crippen molar-refractivity contribution in [2.75, 3.05) is 13.3 Å². The fourth-order valence-corrected chi connectivity index (χ4v) is 2.16. The summed E-state index contributed by atoms with van der Waals surface area (Å²) >= 11 is 0. The van der Waals surface area contributed by atoms with E-state index in [9.17, 15) is 4.79 Å². The zero-order valence-electron chi connectivity index (χ0n) is 13.1. The molecule has 2 aromatic carbocycles. The van der Waals surface area contributed by atoms with Gasteiger partial charge in [-0.15, -0.1) is 0 Å². The van der Waals surface area contributed by atoms with Gasteiger partial charge in [0.05, 0.1) is 23.9 Å². The Balaban J connectivity index is 1.40. The van der Waals surface area contributed by atoms with Crippen LogP contribution in [0.2, 0.25) is 0 Å². The molecule has 0 fully saturated rings. The van der Waals surface area contributed by atoms with E-state index in [2.05, 4.69) is 20.6 Å². The minimum absolute atomic E-state index is 0.0972. The van der Waals surface area contributed by atoms with Crippen LogP contribution in [-0.2, 0) is 11.3 Å². The Hall–Kier alpha value is -2.99. The number of nitrogens with one attached hydrogen (secondary N) is 2. The van der Waals surface area contributed by atoms with E-state index in [1.807, 2.05) is 54.6 Å². The predicted molar refractivity (Wildman–Crippen MR) is 91.3 cm³/mol. The fourth-order valence-electron chi connectivity index (χ4n) is 2.16. The zero-order valence-corrected chi connectivity index (χ0v) is 13.1. The molecular formula is C18H18N4O2. The number of nitrogens with zero attached hydrogens (tertiary/aromatic N) is 2. The third kappa shape index (κ3) is 4.50. The lowest BCUT2D eigenvalue weighted by Crippen LogP contribution is -2.36. The van der Waals surface area contributed by atoms with Gasteiger partial charge >= 0.3 is 0 Å². The van der Waals surface area contributed by atoms with Gasteiger partial charge < -0.3 is 10.1 Å². The molecule has 122 valence electrons. The van der Waals surface area contributed by atoms with E-state index < -0.39 is 0 Å². The number of carbonyl (C=O) groups is 1. The van der Waals surface area contributed by atoms with Gasteiger partial charge in [0.1, 0.15) is 0 Å². The molecule has 1 amide bonds. The summed E-state index contributed by atoms with van der Waals surface area (Å²) in [5.41, 5.74) is 2.69. The first kappa shape index (κ1) is 15.9. The van der Waals surface area contributed by atoms with Crippen molar-refractivity contribution in [2.24, 2.45) is 0 Å². The molecule has 2 N–H and O–H groups in total. The van der Waals surface area contributed by atoms with Crippen molar-refractivity contribution in [3.8, 4) is 5.88 Å². The molecule has 0 aliphatic heterocycles. The first-order valence-corrected chi connectivity index (χ1v) is 7.67. The quantitative estimate of drug-likeness (QED) is 0.513. The maximum absolute atomic E-state index is 11.8. The Bertz CT molecular complexity index is 808. The lowest BCUT2D eigenvalue weighted by molar-refractivity contribution is -0.123. The Morgan fingerprint density at radius 1 is 1.00 bits per heavy atom. The smallest absolute Gasteiger partial charge is 0.259 e. The van der Waals surface area contributed by atoms with Gasteiger partial charge in [0, 0.05) is 6.54 Å². The Kier molecular flexibility index (Phi) is 5.32. The molecule has 6 heteroatoms. The molecule has 0 spiro atoms. The minimum atomic E-state index is -0.217. The summed E-state index contributed by atoms with van der Waals surface area (Å²) in [5.74, 6) is 0.117. The van der Waals surface area contributed by atoms with Gasteiger partial charge in [-0.25, -0.2) is 9.97 Å². The van der Waals surface area contributed by atoms with Gasteiger partial charge in [-0.2, -0.15) is 0 Å². The lowest BCUT2D eigenvalue weighted by atomic mass is 10.2. The molecule has 24 heavy (non-hydrogen) atoms. The second-order valence-electron chi connectivity index (χ2n) is 5.17. The van der Waals surface area contributed by atoms with Crippen molar-refractivity contribution in [1.82, 2.24) is 20.6 Å². The van der Waals surface area contributed by atoms with Crippen LogP contribution in [0.1, 0.15) is 5.56 Å². The van der Waals surface area contributed by atoms with Gasteiger partial charge in [0.25, 0.3) is 5.91 Å². The summed E-state index contributed by atoms with van der Waals surface area (Å²) in [6.45, 7) is 0.971. The van der Waals surface area contributed by atoms with Crippen molar-refractivity contribution >= 4 is 16.9 Å². The second kappa shape index (κ2) is 8.03. The second-order valence-corrected chi connectivity index (χ2v) is 5.17. The number of ether oxygens (including phenoxy) is 1. The van der Waals surface area contributed by atoms with Gasteiger partial charge in [-0.05, 0) is 17.7 Å². The molecule has 6 nitrogen and oxygen atoms in total. The minimum Gasteiger partial charge on any atom is -0.466 e. The van der Waals surface area contributed by atoms with Crippen LogP contribution < -0.4 is 15.4 Å². The van der Waals surface area contributed by atoms with Crippen LogP contribution >= 0.6 is 0 Å². The molecule has 0 aliphatic carbocycles. The number of para-hydroxylation sites is 2. The highest BCUT2D eigenvalue weighted by Crippen LogP contribution is 2.12. The van der Waals surface area contributed by atoms with Crippen LogP contribution in [0.3, 0.4) is 0 Å². The highest BCUT2D eigenvalue weighted by atomic mass is 16.5. The molecule has 0 atom stereocenters. The monoisotopic (exact) mass is 322 g/mol. The number of amides is 1. The average Bonchev–Trinajstić information content (AvgIpc) is 2.64. The van der Waals surface area contributed by atoms with Crippen molar-refractivity contribution < 1.29 is 9.53 Å². The summed E-state index contributed by atoms with van der Waals surface area (Å²) in [6, 6.07) is 17.5. The van der Waals surface area contributed by atoms with Gasteiger partial charge in [-0.1, -0.05) is 42.5 Å². The van der Waals surface area contributed by atoms with Crippen LogP contribution in [-0.4, -0.2) is 29.2 Å². The molecule has 0 bridgehead atoms. The maximum atomic E-state index is 11.8. The van der Waals surface area contributed by atoms with Crippen molar-refractivity contribution in [1.29, 1.82) is 0 Å². The van der Waals surface area contributed by atoms with Crippen LogP contribution in [0.25, 0.3) is 11.0 Å². The summed E-state index contributed by atoms with van der Waals surface area (Å²) in [5, 5.41) is 5.88. The van der Waals surface area contributed by atoms with E-state index in [-0.39, 0.29) is 12.5 Å². The Morgan fingerprint density at radius 3 is 2.58 bits per heavy atom. The standard InChI is InChI=1S/C18H18N4O2/c23-17(21-13-19-10-14-6-2-1-3-7-14)12-24-18-11-20-15-8-4-5-9-16(15)22-18/h1-9,11,19H,10,12-13H2,(H,21,23). The van der Waals surface area contributed by atoms with Gasteiger partial charge in [0.2, 0.25) is 5.88 Å². The third-order valence-corrected chi connectivity index (χ3v) is 3.36. The molecule has 0 radical (unpaired) electrons. The number of hydrogen-bond donors (Lipinski definition) is 2. The topological polar surface area (TPSA) is 76.1 Å². The summed E-state index contributed by atoms with van der Waals surface area (Å²) in [7, 11) is 0. The number of rotatable bonds is 7. The normalized spacial score (nSPS) is 10.5. The summed E-state index contributed by atoms with van der Waals surface area (Å²) < 4.78 is 5.38. The molecule has 0 saturated carbocycles. The third-order valence-electron chi connectivity index (χ3n) is 3.36. The highest BCUT2D eigenvalue weighted by molar-refractivity contribution is 5.77. The maximum Gasteiger partial charge on any atom is 0.259 e. The first-order valence-electron chi connectivity index (χ1n) is 7.67. The fraction of sp³-hybridized carbons (Fsp3) is 0.167. The number of hydrogen-bond acceptors (Lipinski definition) is 5. The first-order chi connectivity index (χ1) is 11.8. The van der Waals surface area contributed by atoms with Crippen LogP contribution in [0.15, 0.2) is 60.8 Å². The number of carbonyl (C=O) groups excluding carboxylic acids is 1. The number of aromatic nitrogens is 2. The molecule has 1 aromatic heterocycles. The van der Waals surface area contributed by atoms with E-state index in [4.69, 9.17) is 4.74 Å². The summed E-state index contributed by atoms with van der Waals surface area (Å²) in [6.07, 6.45) is 1.52. The van der Waals surface area contributed by atoms with Crippen LogP contribution in [0.4, 0.5) is 0 Å². The predicted octanol–water partition coefficient (Wildman–Crippen LogP) is 1.87. The van der Waals surface area contributed by atoms with E-state index in [1.54, 1.807) is 0 Å². The zero-order chi connectivity index (χ0) is 16.6. The van der Waals surface area contributed by atoms with E-state index in [1.165, 1.54) is 6.20 Å². The number of fused-ring (bicyclic) bond motifs is 1. The average molecular weight is 322 g/mol. The SMILES string of the molecule is O=C(COc1cnc2ccccc2n1)NCNCc1ccccc1. The molecule has 3 rings (SSSR count). The molecule has 0 unspecified atom stereocenters. The molecule has 0 saturated heterocycles. The van der Waals surface area contributed by atoms with Crippen molar-refractivity contribution in [3.05, 3.63) is 66.4 Å². The van der Waals surface area contributed by atoms with Gasteiger partial charge in [-0.3, -0.25) is 10.1 Å². The number of benzene rings is 2.